The van der Waals surface area contributed by atoms with Crippen LogP contribution in [0.15, 0.2) is 16.6 Å². The number of rotatable bonds is 8. The Morgan fingerprint density at radius 2 is 2.11 bits per heavy atom. The molecule has 0 spiro atoms. The molecule has 1 aliphatic rings. The molecule has 1 aromatic rings. The molecule has 1 aliphatic carbocycles. The minimum absolute atomic E-state index is 0.102. The number of benzene rings is 1. The maximum atomic E-state index is 13.3. The fraction of sp³-hybridized carbons (Fsp3) is 0.571. The third kappa shape index (κ3) is 5.28. The van der Waals surface area contributed by atoms with Gasteiger partial charge in [0.2, 0.25) is 0 Å². The molecule has 106 valence electrons. The molecule has 0 heterocycles. The standard InChI is InChI=1S/C14H18BrClFNO/c15-11-8-12(16)13(17)9-14(11)19-7-3-1-2-6-18-10-4-5-10/h8-10,18H,1-7H2. The molecule has 1 N–H and O–H groups in total. The van der Waals surface area contributed by atoms with E-state index in [0.717, 1.165) is 31.8 Å². The SMILES string of the molecule is Fc1cc(OCCCCCNC2CC2)c(Br)cc1Cl. The van der Waals surface area contributed by atoms with Gasteiger partial charge in [-0.3, -0.25) is 0 Å². The zero-order valence-electron chi connectivity index (χ0n) is 10.7. The predicted octanol–water partition coefficient (Wildman–Crippen LogP) is 4.54. The van der Waals surface area contributed by atoms with Gasteiger partial charge in [-0.15, -0.1) is 0 Å². The van der Waals surface area contributed by atoms with Gasteiger partial charge in [-0.1, -0.05) is 11.6 Å². The summed E-state index contributed by atoms with van der Waals surface area (Å²) < 4.78 is 19.5. The number of nitrogens with one attached hydrogen (secondary N) is 1. The second-order valence-electron chi connectivity index (χ2n) is 4.83. The lowest BCUT2D eigenvalue weighted by molar-refractivity contribution is 0.301. The van der Waals surface area contributed by atoms with Gasteiger partial charge in [0.05, 0.1) is 16.1 Å². The number of unbranched alkanes of at least 4 members (excludes halogenated alkanes) is 2. The summed E-state index contributed by atoms with van der Waals surface area (Å²) >= 11 is 8.98. The lowest BCUT2D eigenvalue weighted by atomic mass is 10.2. The normalized spacial score (nSPS) is 14.7. The van der Waals surface area contributed by atoms with Gasteiger partial charge < -0.3 is 10.1 Å². The van der Waals surface area contributed by atoms with Gasteiger partial charge >= 0.3 is 0 Å². The van der Waals surface area contributed by atoms with Crippen molar-refractivity contribution in [3.63, 3.8) is 0 Å². The third-order valence-corrected chi connectivity index (χ3v) is 3.97. The molecule has 5 heteroatoms. The quantitative estimate of drug-likeness (QED) is 0.549. The van der Waals surface area contributed by atoms with E-state index in [-0.39, 0.29) is 5.02 Å². The van der Waals surface area contributed by atoms with Crippen LogP contribution in [-0.4, -0.2) is 19.2 Å². The highest BCUT2D eigenvalue weighted by Gasteiger charge is 2.19. The summed E-state index contributed by atoms with van der Waals surface area (Å²) in [4.78, 5) is 0. The van der Waals surface area contributed by atoms with Crippen LogP contribution in [-0.2, 0) is 0 Å². The van der Waals surface area contributed by atoms with E-state index < -0.39 is 5.82 Å². The molecule has 0 aliphatic heterocycles. The van der Waals surface area contributed by atoms with Crippen LogP contribution in [0, 0.1) is 5.82 Å². The Bertz CT molecular complexity index is 426. The number of ether oxygens (including phenoxy) is 1. The molecule has 0 bridgehead atoms. The lowest BCUT2D eigenvalue weighted by Gasteiger charge is -2.09. The summed E-state index contributed by atoms with van der Waals surface area (Å²) in [6.45, 7) is 1.69. The summed E-state index contributed by atoms with van der Waals surface area (Å²) in [5.41, 5.74) is 0. The van der Waals surface area contributed by atoms with Crippen molar-refractivity contribution < 1.29 is 9.13 Å². The van der Waals surface area contributed by atoms with Crippen molar-refractivity contribution in [2.45, 2.75) is 38.1 Å². The van der Waals surface area contributed by atoms with E-state index in [1.54, 1.807) is 0 Å². The van der Waals surface area contributed by atoms with E-state index >= 15 is 0 Å². The van der Waals surface area contributed by atoms with Crippen molar-refractivity contribution in [3.05, 3.63) is 27.4 Å². The Labute approximate surface area is 126 Å². The zero-order valence-corrected chi connectivity index (χ0v) is 13.1. The molecule has 1 fully saturated rings. The minimum atomic E-state index is -0.450. The van der Waals surface area contributed by atoms with E-state index in [4.69, 9.17) is 16.3 Å². The number of hydrogen-bond acceptors (Lipinski definition) is 2. The van der Waals surface area contributed by atoms with Crippen LogP contribution in [0.3, 0.4) is 0 Å². The third-order valence-electron chi connectivity index (χ3n) is 3.06. The van der Waals surface area contributed by atoms with Gasteiger partial charge in [0, 0.05) is 12.1 Å². The van der Waals surface area contributed by atoms with Crippen molar-refractivity contribution in [1.82, 2.24) is 5.32 Å². The van der Waals surface area contributed by atoms with E-state index in [0.29, 0.717) is 16.8 Å². The maximum Gasteiger partial charge on any atom is 0.145 e. The van der Waals surface area contributed by atoms with Gasteiger partial charge in [-0.05, 0) is 60.6 Å². The summed E-state index contributed by atoms with van der Waals surface area (Å²) in [5, 5.41) is 3.58. The summed E-state index contributed by atoms with van der Waals surface area (Å²) in [6.07, 6.45) is 5.92. The zero-order chi connectivity index (χ0) is 13.7. The first kappa shape index (κ1) is 15.1. The molecule has 0 saturated heterocycles. The second kappa shape index (κ2) is 7.46. The average molecular weight is 351 g/mol. The number of hydrogen-bond donors (Lipinski definition) is 1. The lowest BCUT2D eigenvalue weighted by Crippen LogP contribution is -2.17. The molecule has 1 saturated carbocycles. The summed E-state index contributed by atoms with van der Waals surface area (Å²) in [5.74, 6) is 0.0616. The highest BCUT2D eigenvalue weighted by molar-refractivity contribution is 9.10. The molecule has 1 aromatic carbocycles. The Morgan fingerprint density at radius 3 is 2.84 bits per heavy atom. The first-order valence-electron chi connectivity index (χ1n) is 6.67. The van der Waals surface area contributed by atoms with Crippen LogP contribution in [0.1, 0.15) is 32.1 Å². The largest absolute Gasteiger partial charge is 0.492 e. The smallest absolute Gasteiger partial charge is 0.145 e. The first-order chi connectivity index (χ1) is 9.16. The fourth-order valence-corrected chi connectivity index (χ4v) is 2.55. The Kier molecular flexibility index (Phi) is 5.92. The van der Waals surface area contributed by atoms with E-state index in [1.807, 2.05) is 0 Å². The highest BCUT2D eigenvalue weighted by atomic mass is 79.9. The molecule has 2 rings (SSSR count). The van der Waals surface area contributed by atoms with Crippen LogP contribution < -0.4 is 10.1 Å². The predicted molar refractivity (Wildman–Crippen MR) is 79.5 cm³/mol. The topological polar surface area (TPSA) is 21.3 Å². The van der Waals surface area contributed by atoms with E-state index in [1.165, 1.54) is 25.0 Å². The van der Waals surface area contributed by atoms with Gasteiger partial charge in [0.25, 0.3) is 0 Å². The Balaban J connectivity index is 1.60. The summed E-state index contributed by atoms with van der Waals surface area (Å²) in [7, 11) is 0. The van der Waals surface area contributed by atoms with Crippen LogP contribution in [0.2, 0.25) is 5.02 Å². The van der Waals surface area contributed by atoms with Gasteiger partial charge in [-0.2, -0.15) is 0 Å². The molecule has 0 radical (unpaired) electrons. The van der Waals surface area contributed by atoms with E-state index in [9.17, 15) is 4.39 Å². The molecule has 0 amide bonds. The van der Waals surface area contributed by atoms with Crippen molar-refractivity contribution in [2.24, 2.45) is 0 Å². The van der Waals surface area contributed by atoms with Crippen molar-refractivity contribution in [2.75, 3.05) is 13.2 Å². The van der Waals surface area contributed by atoms with Crippen molar-refractivity contribution in [3.8, 4) is 5.75 Å². The van der Waals surface area contributed by atoms with Gasteiger partial charge in [-0.25, -0.2) is 4.39 Å². The van der Waals surface area contributed by atoms with Crippen LogP contribution in [0.25, 0.3) is 0 Å². The van der Waals surface area contributed by atoms with Crippen molar-refractivity contribution >= 4 is 27.5 Å². The van der Waals surface area contributed by atoms with Crippen LogP contribution >= 0.6 is 27.5 Å². The molecular weight excluding hydrogens is 333 g/mol. The van der Waals surface area contributed by atoms with Gasteiger partial charge in [0.1, 0.15) is 11.6 Å². The average Bonchev–Trinajstić information content (AvgIpc) is 3.18. The van der Waals surface area contributed by atoms with Crippen molar-refractivity contribution in [1.29, 1.82) is 0 Å². The highest BCUT2D eigenvalue weighted by Crippen LogP contribution is 2.30. The number of halogens is 3. The maximum absolute atomic E-state index is 13.3. The molecule has 0 atom stereocenters. The molecule has 0 aromatic heterocycles. The van der Waals surface area contributed by atoms with Crippen LogP contribution in [0.4, 0.5) is 4.39 Å². The summed E-state index contributed by atoms with van der Waals surface area (Å²) in [6, 6.07) is 3.62. The second-order valence-corrected chi connectivity index (χ2v) is 6.10. The minimum Gasteiger partial charge on any atom is -0.492 e. The Hall–Kier alpha value is -0.320. The molecule has 0 unspecified atom stereocenters. The molecular formula is C14H18BrClFNO. The van der Waals surface area contributed by atoms with E-state index in [2.05, 4.69) is 21.2 Å². The molecule has 19 heavy (non-hydrogen) atoms. The monoisotopic (exact) mass is 349 g/mol. The van der Waals surface area contributed by atoms with Crippen LogP contribution in [0.5, 0.6) is 5.75 Å². The fourth-order valence-electron chi connectivity index (χ4n) is 1.79. The Morgan fingerprint density at radius 1 is 1.32 bits per heavy atom. The molecule has 2 nitrogen and oxygen atoms in total. The van der Waals surface area contributed by atoms with Gasteiger partial charge in [0.15, 0.2) is 0 Å². The first-order valence-corrected chi connectivity index (χ1v) is 7.84.